The van der Waals surface area contributed by atoms with E-state index in [4.69, 9.17) is 5.73 Å². The molecule has 88 valence electrons. The van der Waals surface area contributed by atoms with Crippen LogP contribution in [0, 0.1) is 0 Å². The summed E-state index contributed by atoms with van der Waals surface area (Å²) in [5.41, 5.74) is 5.82. The second-order valence-electron chi connectivity index (χ2n) is 4.64. The maximum atomic E-state index is 11.8. The summed E-state index contributed by atoms with van der Waals surface area (Å²) in [6, 6.07) is -0.338. The van der Waals surface area contributed by atoms with Crippen LogP contribution in [0.25, 0.3) is 0 Å². The van der Waals surface area contributed by atoms with E-state index in [1.165, 1.54) is 12.8 Å². The van der Waals surface area contributed by atoms with Gasteiger partial charge in [0, 0.05) is 5.54 Å². The van der Waals surface area contributed by atoms with E-state index in [-0.39, 0.29) is 17.5 Å². The van der Waals surface area contributed by atoms with Gasteiger partial charge < -0.3 is 11.1 Å². The Morgan fingerprint density at radius 1 is 1.53 bits per heavy atom. The molecule has 0 aromatic heterocycles. The number of thioether (sulfide) groups is 1. The number of carbonyl (C=O) groups excluding carboxylic acids is 1. The SMILES string of the molecule is CSCC[C@H](N)C(=O)NC1(C)CCCC1. The molecule has 0 saturated heterocycles. The summed E-state index contributed by atoms with van der Waals surface area (Å²) < 4.78 is 0. The fourth-order valence-electron chi connectivity index (χ4n) is 2.05. The molecule has 0 heterocycles. The first-order valence-corrected chi connectivity index (χ1v) is 7.03. The van der Waals surface area contributed by atoms with E-state index in [0.717, 1.165) is 25.0 Å². The summed E-state index contributed by atoms with van der Waals surface area (Å²) in [7, 11) is 0. The molecule has 0 aromatic rings. The lowest BCUT2D eigenvalue weighted by atomic mass is 10.00. The van der Waals surface area contributed by atoms with E-state index >= 15 is 0 Å². The molecule has 1 saturated carbocycles. The fourth-order valence-corrected chi connectivity index (χ4v) is 2.54. The third kappa shape index (κ3) is 4.03. The standard InChI is InChI=1S/C11H22N2OS/c1-11(6-3-4-7-11)13-10(14)9(12)5-8-15-2/h9H,3-8,12H2,1-2H3,(H,13,14)/t9-/m0/s1. The van der Waals surface area contributed by atoms with Crippen LogP contribution in [-0.4, -0.2) is 29.5 Å². The van der Waals surface area contributed by atoms with Crippen LogP contribution in [0.15, 0.2) is 0 Å². The maximum Gasteiger partial charge on any atom is 0.237 e. The zero-order valence-electron chi connectivity index (χ0n) is 9.71. The van der Waals surface area contributed by atoms with Crippen molar-refractivity contribution in [3.05, 3.63) is 0 Å². The predicted molar refractivity (Wildman–Crippen MR) is 66.0 cm³/mol. The van der Waals surface area contributed by atoms with Crippen LogP contribution in [0.5, 0.6) is 0 Å². The summed E-state index contributed by atoms with van der Waals surface area (Å²) >= 11 is 1.73. The van der Waals surface area contributed by atoms with Crippen molar-refractivity contribution >= 4 is 17.7 Å². The fraction of sp³-hybridized carbons (Fsp3) is 0.909. The van der Waals surface area contributed by atoms with Gasteiger partial charge in [0.15, 0.2) is 0 Å². The molecule has 0 spiro atoms. The Morgan fingerprint density at radius 2 is 2.13 bits per heavy atom. The number of nitrogens with two attached hydrogens (primary N) is 1. The molecule has 0 unspecified atom stereocenters. The molecular weight excluding hydrogens is 208 g/mol. The number of hydrogen-bond acceptors (Lipinski definition) is 3. The van der Waals surface area contributed by atoms with Gasteiger partial charge in [-0.15, -0.1) is 0 Å². The molecule has 1 fully saturated rings. The molecule has 0 bridgehead atoms. The summed E-state index contributed by atoms with van der Waals surface area (Å²) in [6.45, 7) is 2.12. The summed E-state index contributed by atoms with van der Waals surface area (Å²) in [6.07, 6.45) is 7.42. The van der Waals surface area contributed by atoms with Crippen molar-refractivity contribution in [2.75, 3.05) is 12.0 Å². The van der Waals surface area contributed by atoms with Crippen LogP contribution in [-0.2, 0) is 4.79 Å². The van der Waals surface area contributed by atoms with Crippen molar-refractivity contribution in [3.8, 4) is 0 Å². The minimum atomic E-state index is -0.338. The molecule has 4 heteroatoms. The lowest BCUT2D eigenvalue weighted by molar-refractivity contribution is -0.124. The first kappa shape index (κ1) is 12.8. The van der Waals surface area contributed by atoms with Gasteiger partial charge in [-0.1, -0.05) is 12.8 Å². The Labute approximate surface area is 96.6 Å². The van der Waals surface area contributed by atoms with Crippen LogP contribution in [0.4, 0.5) is 0 Å². The lowest BCUT2D eigenvalue weighted by Crippen LogP contribution is -2.50. The summed E-state index contributed by atoms with van der Waals surface area (Å²) in [5.74, 6) is 0.971. The molecule has 1 aliphatic rings. The van der Waals surface area contributed by atoms with Gasteiger partial charge in [0.25, 0.3) is 0 Å². The van der Waals surface area contributed by atoms with Gasteiger partial charge in [0.2, 0.25) is 5.91 Å². The van der Waals surface area contributed by atoms with Gasteiger partial charge in [0.05, 0.1) is 6.04 Å². The summed E-state index contributed by atoms with van der Waals surface area (Å²) in [5, 5.41) is 3.09. The predicted octanol–water partition coefficient (Wildman–Crippen LogP) is 1.52. The topological polar surface area (TPSA) is 55.1 Å². The number of hydrogen-bond donors (Lipinski definition) is 2. The van der Waals surface area contributed by atoms with Crippen LogP contribution < -0.4 is 11.1 Å². The highest BCUT2D eigenvalue weighted by molar-refractivity contribution is 7.98. The van der Waals surface area contributed by atoms with Gasteiger partial charge in [-0.25, -0.2) is 0 Å². The number of amides is 1. The van der Waals surface area contributed by atoms with Crippen LogP contribution in [0.2, 0.25) is 0 Å². The molecule has 1 amide bonds. The molecule has 0 radical (unpaired) electrons. The third-order valence-electron chi connectivity index (χ3n) is 3.10. The molecule has 1 rings (SSSR count). The molecule has 1 aliphatic carbocycles. The highest BCUT2D eigenvalue weighted by Gasteiger charge is 2.31. The highest BCUT2D eigenvalue weighted by Crippen LogP contribution is 2.28. The average Bonchev–Trinajstić information content (AvgIpc) is 2.61. The number of rotatable bonds is 5. The quantitative estimate of drug-likeness (QED) is 0.753. The van der Waals surface area contributed by atoms with Gasteiger partial charge in [-0.2, -0.15) is 11.8 Å². The van der Waals surface area contributed by atoms with Crippen molar-refractivity contribution in [2.45, 2.75) is 50.6 Å². The van der Waals surface area contributed by atoms with E-state index in [9.17, 15) is 4.79 Å². The molecule has 1 atom stereocenters. The van der Waals surface area contributed by atoms with E-state index in [1.54, 1.807) is 11.8 Å². The summed E-state index contributed by atoms with van der Waals surface area (Å²) in [4.78, 5) is 11.8. The third-order valence-corrected chi connectivity index (χ3v) is 3.75. The second-order valence-corrected chi connectivity index (χ2v) is 5.63. The number of carbonyl (C=O) groups is 1. The highest BCUT2D eigenvalue weighted by atomic mass is 32.2. The Kier molecular flexibility index (Phi) is 4.93. The zero-order valence-corrected chi connectivity index (χ0v) is 10.5. The number of nitrogens with one attached hydrogen (secondary N) is 1. The van der Waals surface area contributed by atoms with Crippen molar-refractivity contribution in [2.24, 2.45) is 5.73 Å². The van der Waals surface area contributed by atoms with Gasteiger partial charge in [0.1, 0.15) is 0 Å². The smallest absolute Gasteiger partial charge is 0.237 e. The van der Waals surface area contributed by atoms with Gasteiger partial charge in [-0.05, 0) is 38.2 Å². The molecular formula is C11H22N2OS. The second kappa shape index (κ2) is 5.75. The zero-order chi connectivity index (χ0) is 11.3. The first-order chi connectivity index (χ1) is 7.07. The van der Waals surface area contributed by atoms with E-state index in [1.807, 2.05) is 6.26 Å². The monoisotopic (exact) mass is 230 g/mol. The van der Waals surface area contributed by atoms with Crippen LogP contribution >= 0.6 is 11.8 Å². The van der Waals surface area contributed by atoms with Gasteiger partial charge >= 0.3 is 0 Å². The minimum absolute atomic E-state index is 0.00800. The molecule has 15 heavy (non-hydrogen) atoms. The normalized spacial score (nSPS) is 21.3. The molecule has 0 aromatic carbocycles. The van der Waals surface area contributed by atoms with Crippen molar-refractivity contribution in [3.63, 3.8) is 0 Å². The average molecular weight is 230 g/mol. The van der Waals surface area contributed by atoms with E-state index in [0.29, 0.717) is 0 Å². The lowest BCUT2D eigenvalue weighted by Gasteiger charge is -2.27. The van der Waals surface area contributed by atoms with Crippen molar-refractivity contribution < 1.29 is 4.79 Å². The molecule has 0 aliphatic heterocycles. The Morgan fingerprint density at radius 3 is 2.67 bits per heavy atom. The maximum absolute atomic E-state index is 11.8. The minimum Gasteiger partial charge on any atom is -0.350 e. The van der Waals surface area contributed by atoms with Crippen molar-refractivity contribution in [1.82, 2.24) is 5.32 Å². The largest absolute Gasteiger partial charge is 0.350 e. The van der Waals surface area contributed by atoms with Gasteiger partial charge in [-0.3, -0.25) is 4.79 Å². The Bertz CT molecular complexity index is 215. The van der Waals surface area contributed by atoms with E-state index < -0.39 is 0 Å². The van der Waals surface area contributed by atoms with Crippen LogP contribution in [0.1, 0.15) is 39.0 Å². The Hall–Kier alpha value is -0.220. The van der Waals surface area contributed by atoms with Crippen LogP contribution in [0.3, 0.4) is 0 Å². The first-order valence-electron chi connectivity index (χ1n) is 5.64. The van der Waals surface area contributed by atoms with E-state index in [2.05, 4.69) is 12.2 Å². The van der Waals surface area contributed by atoms with Crippen molar-refractivity contribution in [1.29, 1.82) is 0 Å². The molecule has 3 nitrogen and oxygen atoms in total. The molecule has 3 N–H and O–H groups in total. The Balaban J connectivity index is 2.33.